The van der Waals surface area contributed by atoms with Crippen molar-refractivity contribution in [3.05, 3.63) is 97.1 Å². The van der Waals surface area contributed by atoms with Crippen LogP contribution in [0, 0.1) is 5.82 Å². The highest BCUT2D eigenvalue weighted by molar-refractivity contribution is 5.93. The molecule has 0 amide bonds. The number of aryl methyl sites for hydroxylation is 1. The number of nitrogens with one attached hydrogen (secondary N) is 1. The van der Waals surface area contributed by atoms with E-state index in [0.29, 0.717) is 0 Å². The van der Waals surface area contributed by atoms with Crippen molar-refractivity contribution in [3.63, 3.8) is 0 Å². The van der Waals surface area contributed by atoms with Gasteiger partial charge in [-0.1, -0.05) is 18.2 Å². The van der Waals surface area contributed by atoms with Crippen LogP contribution in [0.2, 0.25) is 0 Å². The number of hydrogen-bond donors (Lipinski definition) is 1. The van der Waals surface area contributed by atoms with E-state index in [9.17, 15) is 4.39 Å². The molecule has 0 spiro atoms. The van der Waals surface area contributed by atoms with Crippen LogP contribution >= 0.6 is 0 Å². The number of benzene rings is 3. The molecule has 5 aromatic rings. The van der Waals surface area contributed by atoms with E-state index in [4.69, 9.17) is 4.98 Å². The third-order valence-electron chi connectivity index (χ3n) is 5.19. The lowest BCUT2D eigenvalue weighted by Crippen LogP contribution is -1.93. The Morgan fingerprint density at radius 2 is 1.43 bits per heavy atom. The Bertz CT molecular complexity index is 1310. The molecule has 2 heterocycles. The van der Waals surface area contributed by atoms with Crippen molar-refractivity contribution in [1.29, 1.82) is 0 Å². The first-order valence-electron chi connectivity index (χ1n) is 9.68. The second kappa shape index (κ2) is 7.44. The number of rotatable bonds is 4. The van der Waals surface area contributed by atoms with Crippen LogP contribution in [0.3, 0.4) is 0 Å². The van der Waals surface area contributed by atoms with Gasteiger partial charge in [0.05, 0.1) is 11.2 Å². The van der Waals surface area contributed by atoms with Crippen LogP contribution < -0.4 is 5.32 Å². The van der Waals surface area contributed by atoms with Crippen molar-refractivity contribution in [2.24, 2.45) is 7.05 Å². The summed E-state index contributed by atoms with van der Waals surface area (Å²) in [6.07, 6.45) is 3.59. The predicted molar refractivity (Wildman–Crippen MR) is 119 cm³/mol. The van der Waals surface area contributed by atoms with Gasteiger partial charge in [-0.3, -0.25) is 4.98 Å². The molecule has 0 saturated heterocycles. The van der Waals surface area contributed by atoms with Crippen molar-refractivity contribution in [1.82, 2.24) is 14.5 Å². The van der Waals surface area contributed by atoms with Crippen molar-refractivity contribution in [2.45, 2.75) is 0 Å². The lowest BCUT2D eigenvalue weighted by atomic mass is 10.1. The molecule has 0 saturated carbocycles. The van der Waals surface area contributed by atoms with Crippen molar-refractivity contribution >= 4 is 22.4 Å². The number of anilines is 2. The van der Waals surface area contributed by atoms with Crippen LogP contribution in [0.4, 0.5) is 15.8 Å². The second-order valence-corrected chi connectivity index (χ2v) is 7.11. The monoisotopic (exact) mass is 394 g/mol. The van der Waals surface area contributed by atoms with E-state index in [1.165, 1.54) is 12.1 Å². The van der Waals surface area contributed by atoms with E-state index in [-0.39, 0.29) is 5.82 Å². The lowest BCUT2D eigenvalue weighted by Gasteiger charge is -2.08. The van der Waals surface area contributed by atoms with E-state index >= 15 is 0 Å². The third-order valence-corrected chi connectivity index (χ3v) is 5.19. The van der Waals surface area contributed by atoms with Gasteiger partial charge in [-0.25, -0.2) is 9.37 Å². The summed E-state index contributed by atoms with van der Waals surface area (Å²) in [5.41, 5.74) is 6.93. The summed E-state index contributed by atoms with van der Waals surface area (Å²) in [4.78, 5) is 8.91. The molecule has 3 aromatic carbocycles. The highest BCUT2D eigenvalue weighted by Gasteiger charge is 2.13. The predicted octanol–water partition coefficient (Wildman–Crippen LogP) is 6.19. The Balaban J connectivity index is 1.49. The summed E-state index contributed by atoms with van der Waals surface area (Å²) in [6.45, 7) is 0. The zero-order chi connectivity index (χ0) is 20.5. The molecule has 0 bridgehead atoms. The molecular weight excluding hydrogens is 375 g/mol. The fraction of sp³-hybridized carbons (Fsp3) is 0.0400. The van der Waals surface area contributed by atoms with Crippen LogP contribution in [0.1, 0.15) is 0 Å². The smallest absolute Gasteiger partial charge is 0.140 e. The molecule has 0 aliphatic rings. The second-order valence-electron chi connectivity index (χ2n) is 7.11. The number of imidazole rings is 1. The van der Waals surface area contributed by atoms with Gasteiger partial charge >= 0.3 is 0 Å². The molecule has 0 unspecified atom stereocenters. The molecule has 146 valence electrons. The molecule has 0 aliphatic heterocycles. The minimum absolute atomic E-state index is 0.255. The first kappa shape index (κ1) is 18.1. The Morgan fingerprint density at radius 3 is 2.17 bits per heavy atom. The lowest BCUT2D eigenvalue weighted by molar-refractivity contribution is 0.628. The van der Waals surface area contributed by atoms with Crippen molar-refractivity contribution < 1.29 is 4.39 Å². The zero-order valence-electron chi connectivity index (χ0n) is 16.4. The van der Waals surface area contributed by atoms with Crippen molar-refractivity contribution in [3.8, 4) is 22.5 Å². The number of halogens is 1. The van der Waals surface area contributed by atoms with Crippen LogP contribution in [0.25, 0.3) is 33.5 Å². The molecule has 0 atom stereocenters. The number of fused-ring (bicyclic) bond motifs is 1. The number of pyridine rings is 1. The minimum Gasteiger partial charge on any atom is -0.354 e. The van der Waals surface area contributed by atoms with E-state index in [1.807, 2.05) is 41.9 Å². The molecule has 0 aliphatic carbocycles. The number of nitrogens with zero attached hydrogens (tertiary/aromatic N) is 3. The van der Waals surface area contributed by atoms with Crippen LogP contribution in [0.5, 0.6) is 0 Å². The zero-order valence-corrected chi connectivity index (χ0v) is 16.4. The third kappa shape index (κ3) is 3.31. The van der Waals surface area contributed by atoms with E-state index in [1.54, 1.807) is 24.5 Å². The molecule has 2 aromatic heterocycles. The van der Waals surface area contributed by atoms with E-state index in [2.05, 4.69) is 34.6 Å². The molecule has 0 fully saturated rings. The summed E-state index contributed by atoms with van der Waals surface area (Å²) in [5.74, 6) is 0.544. The highest BCUT2D eigenvalue weighted by Crippen LogP contribution is 2.31. The van der Waals surface area contributed by atoms with E-state index in [0.717, 1.165) is 44.9 Å². The Morgan fingerprint density at radius 1 is 0.767 bits per heavy atom. The molecule has 5 rings (SSSR count). The number of aromatic nitrogens is 3. The molecule has 0 radical (unpaired) electrons. The molecule has 1 N–H and O–H groups in total. The fourth-order valence-electron chi connectivity index (χ4n) is 3.62. The van der Waals surface area contributed by atoms with Gasteiger partial charge in [0.15, 0.2) is 0 Å². The highest BCUT2D eigenvalue weighted by atomic mass is 19.1. The fourth-order valence-corrected chi connectivity index (χ4v) is 3.62. The summed E-state index contributed by atoms with van der Waals surface area (Å²) in [6, 6.07) is 24.7. The van der Waals surface area contributed by atoms with Gasteiger partial charge in [0.2, 0.25) is 0 Å². The van der Waals surface area contributed by atoms with Crippen LogP contribution in [-0.2, 0) is 7.05 Å². The quantitative estimate of drug-likeness (QED) is 0.395. The summed E-state index contributed by atoms with van der Waals surface area (Å²) in [5, 5.41) is 3.48. The number of hydrogen-bond acceptors (Lipinski definition) is 3. The van der Waals surface area contributed by atoms with Gasteiger partial charge in [-0.2, -0.15) is 0 Å². The standard InChI is InChI=1S/C25H19FN4/c1-30-23-4-2-3-22(24(23)29-25(30)19-5-9-20(26)10-6-19)28-21-11-7-17(8-12-21)18-13-15-27-16-14-18/h2-16,28H,1H3. The van der Waals surface area contributed by atoms with Gasteiger partial charge in [-0.05, 0) is 71.8 Å². The molecule has 5 heteroatoms. The molecular formula is C25H19FN4. The van der Waals surface area contributed by atoms with Gasteiger partial charge in [0.1, 0.15) is 17.2 Å². The topological polar surface area (TPSA) is 42.7 Å². The SMILES string of the molecule is Cn1c(-c2ccc(F)cc2)nc2c(Nc3ccc(-c4ccncc4)cc3)cccc21. The Kier molecular flexibility index (Phi) is 4.48. The maximum Gasteiger partial charge on any atom is 0.140 e. The summed E-state index contributed by atoms with van der Waals surface area (Å²) >= 11 is 0. The van der Waals surface area contributed by atoms with Gasteiger partial charge < -0.3 is 9.88 Å². The first-order valence-corrected chi connectivity index (χ1v) is 9.68. The Hall–Kier alpha value is -3.99. The Labute approximate surface area is 173 Å². The molecule has 30 heavy (non-hydrogen) atoms. The van der Waals surface area contributed by atoms with Gasteiger partial charge in [0, 0.05) is 30.7 Å². The van der Waals surface area contributed by atoms with Crippen LogP contribution in [0.15, 0.2) is 91.3 Å². The molecule has 4 nitrogen and oxygen atoms in total. The normalized spacial score (nSPS) is 11.0. The average Bonchev–Trinajstić information content (AvgIpc) is 3.13. The minimum atomic E-state index is -0.255. The summed E-state index contributed by atoms with van der Waals surface area (Å²) < 4.78 is 15.3. The largest absolute Gasteiger partial charge is 0.354 e. The average molecular weight is 394 g/mol. The van der Waals surface area contributed by atoms with E-state index < -0.39 is 0 Å². The first-order chi connectivity index (χ1) is 14.7. The van der Waals surface area contributed by atoms with Crippen LogP contribution in [-0.4, -0.2) is 14.5 Å². The maximum absolute atomic E-state index is 13.3. The maximum atomic E-state index is 13.3. The van der Waals surface area contributed by atoms with Crippen molar-refractivity contribution in [2.75, 3.05) is 5.32 Å². The number of para-hydroxylation sites is 1. The summed E-state index contributed by atoms with van der Waals surface area (Å²) in [7, 11) is 1.97. The van der Waals surface area contributed by atoms with Gasteiger partial charge in [0.25, 0.3) is 0 Å². The van der Waals surface area contributed by atoms with Gasteiger partial charge in [-0.15, -0.1) is 0 Å².